The average molecular weight is 380 g/mol. The van der Waals surface area contributed by atoms with E-state index in [4.69, 9.17) is 0 Å². The fourth-order valence-electron chi connectivity index (χ4n) is 3.47. The van der Waals surface area contributed by atoms with Crippen molar-refractivity contribution in [1.29, 1.82) is 0 Å². The molecular weight excluding hydrogens is 364 g/mol. The van der Waals surface area contributed by atoms with Gasteiger partial charge in [0, 0.05) is 15.6 Å². The molecule has 6 nitrogen and oxygen atoms in total. The van der Waals surface area contributed by atoms with Gasteiger partial charge in [-0.05, 0) is 24.0 Å². The lowest BCUT2D eigenvalue weighted by Crippen LogP contribution is -2.25. The second-order valence-corrected chi connectivity index (χ2v) is 6.88. The van der Waals surface area contributed by atoms with Crippen LogP contribution in [-0.2, 0) is 0 Å². The van der Waals surface area contributed by atoms with E-state index in [0.717, 1.165) is 10.3 Å². The van der Waals surface area contributed by atoms with Gasteiger partial charge in [0.1, 0.15) is 5.52 Å². The minimum absolute atomic E-state index is 0.00560. The van der Waals surface area contributed by atoms with Crippen LogP contribution in [0.4, 0.5) is 0 Å². The van der Waals surface area contributed by atoms with Crippen LogP contribution in [0.15, 0.2) is 78.9 Å². The van der Waals surface area contributed by atoms with Crippen molar-refractivity contribution in [1.82, 2.24) is 14.7 Å². The molecule has 0 atom stereocenters. The molecule has 0 bridgehead atoms. The third kappa shape index (κ3) is 2.73. The molecule has 0 fully saturated rings. The first kappa shape index (κ1) is 17.1. The molecule has 29 heavy (non-hydrogen) atoms. The van der Waals surface area contributed by atoms with Crippen molar-refractivity contribution >= 4 is 22.3 Å². The second kappa shape index (κ2) is 6.53. The third-order valence-corrected chi connectivity index (χ3v) is 4.92. The summed E-state index contributed by atoms with van der Waals surface area (Å²) in [6, 6.07) is 23.8. The molecule has 2 aromatic heterocycles. The van der Waals surface area contributed by atoms with Crippen LogP contribution in [-0.4, -0.2) is 14.7 Å². The van der Waals surface area contributed by atoms with Crippen LogP contribution in [0.2, 0.25) is 0 Å². The maximum atomic E-state index is 13.5. The Kier molecular flexibility index (Phi) is 3.84. The van der Waals surface area contributed by atoms with Gasteiger partial charge < -0.3 is 9.94 Å². The molecule has 0 saturated carbocycles. The fraction of sp³-hybridized carbons (Fsp3) is 0.0435. The summed E-state index contributed by atoms with van der Waals surface area (Å²) in [7, 11) is 0. The van der Waals surface area contributed by atoms with Gasteiger partial charge in [-0.25, -0.2) is 4.98 Å². The van der Waals surface area contributed by atoms with Gasteiger partial charge in [0.25, 0.3) is 0 Å². The van der Waals surface area contributed by atoms with E-state index in [9.17, 15) is 10.1 Å². The van der Waals surface area contributed by atoms with Crippen molar-refractivity contribution in [3.05, 3.63) is 94.5 Å². The molecule has 140 valence electrons. The van der Waals surface area contributed by atoms with Crippen LogP contribution >= 0.6 is 0 Å². The zero-order chi connectivity index (χ0) is 20.0. The second-order valence-electron chi connectivity index (χ2n) is 6.88. The Bertz CT molecular complexity index is 1430. The molecule has 0 amide bonds. The van der Waals surface area contributed by atoms with Crippen LogP contribution < -0.4 is 4.43 Å². The SMILES string of the molecule is Cc1ccc(-c2c(-c3ccccc3)[n+](=O)c3nc4ccccc4nc3n2[O-])cc1. The van der Waals surface area contributed by atoms with E-state index in [1.54, 1.807) is 12.1 Å². The largest absolute Gasteiger partial charge is 0.804 e. The van der Waals surface area contributed by atoms with Crippen molar-refractivity contribution in [2.24, 2.45) is 0 Å². The Morgan fingerprint density at radius 1 is 0.793 bits per heavy atom. The Labute approximate surface area is 165 Å². The van der Waals surface area contributed by atoms with E-state index in [1.807, 2.05) is 73.7 Å². The Morgan fingerprint density at radius 3 is 2.10 bits per heavy atom. The fourth-order valence-corrected chi connectivity index (χ4v) is 3.47. The lowest BCUT2D eigenvalue weighted by atomic mass is 10.0. The first-order valence-electron chi connectivity index (χ1n) is 9.21. The molecule has 6 heteroatoms. The van der Waals surface area contributed by atoms with Gasteiger partial charge in [0.15, 0.2) is 0 Å². The first-order chi connectivity index (χ1) is 14.1. The zero-order valence-corrected chi connectivity index (χ0v) is 15.6. The number of rotatable bonds is 2. The minimum atomic E-state index is -0.00610. The Morgan fingerprint density at radius 2 is 1.41 bits per heavy atom. The average Bonchev–Trinajstić information content (AvgIpc) is 2.76. The van der Waals surface area contributed by atoms with Crippen molar-refractivity contribution in [3.63, 3.8) is 0 Å². The number of fused-ring (bicyclic) bond motifs is 2. The van der Waals surface area contributed by atoms with Crippen LogP contribution in [0, 0.1) is 17.0 Å². The highest BCUT2D eigenvalue weighted by Crippen LogP contribution is 2.31. The smallest absolute Gasteiger partial charge is 0.410 e. The number of para-hydroxylation sites is 2. The number of aromatic nitrogens is 4. The molecule has 0 saturated heterocycles. The van der Waals surface area contributed by atoms with Gasteiger partial charge in [-0.3, -0.25) is 0 Å². The summed E-state index contributed by atoms with van der Waals surface area (Å²) in [6.07, 6.45) is 0. The summed E-state index contributed by atoms with van der Waals surface area (Å²) in [4.78, 5) is 22.3. The highest BCUT2D eigenvalue weighted by atomic mass is 16.5. The highest BCUT2D eigenvalue weighted by molar-refractivity contribution is 5.85. The summed E-state index contributed by atoms with van der Waals surface area (Å²) in [6.45, 7) is 1.97. The summed E-state index contributed by atoms with van der Waals surface area (Å²) in [5.41, 5.74) is 3.96. The predicted octanol–water partition coefficient (Wildman–Crippen LogP) is 4.49. The predicted molar refractivity (Wildman–Crippen MR) is 113 cm³/mol. The molecular formula is C23H16N4O2. The van der Waals surface area contributed by atoms with E-state index in [1.165, 1.54) is 0 Å². The van der Waals surface area contributed by atoms with Gasteiger partial charge in [-0.2, -0.15) is 0 Å². The first-order valence-corrected chi connectivity index (χ1v) is 9.21. The molecule has 0 N–H and O–H groups in total. The lowest BCUT2D eigenvalue weighted by molar-refractivity contribution is -0.453. The Balaban J connectivity index is 1.97. The van der Waals surface area contributed by atoms with Gasteiger partial charge in [0.05, 0.1) is 5.69 Å². The standard InChI is InChI=1S/C23H16N4O2/c1-15-11-13-17(14-12-15)21-20(16-7-3-2-4-8-16)26(28)22-23(27(21)29)25-19-10-6-5-9-18(19)24-22/h2-14H,1H3. The van der Waals surface area contributed by atoms with Crippen LogP contribution in [0.1, 0.15) is 5.56 Å². The number of nitrogens with zero attached hydrogens (tertiary/aromatic N) is 4. The molecule has 0 aliphatic carbocycles. The number of aryl methyl sites for hydroxylation is 1. The monoisotopic (exact) mass is 380 g/mol. The number of hydrogen-bond donors (Lipinski definition) is 0. The van der Waals surface area contributed by atoms with Crippen molar-refractivity contribution < 1.29 is 4.43 Å². The maximum absolute atomic E-state index is 13.5. The van der Waals surface area contributed by atoms with E-state index in [2.05, 4.69) is 9.97 Å². The zero-order valence-electron chi connectivity index (χ0n) is 15.6. The molecule has 0 spiro atoms. The van der Waals surface area contributed by atoms with E-state index >= 15 is 0 Å². The Hall–Kier alpha value is -4.06. The van der Waals surface area contributed by atoms with Gasteiger partial charge in [-0.15, -0.1) is 0 Å². The van der Waals surface area contributed by atoms with Crippen LogP contribution in [0.3, 0.4) is 0 Å². The van der Waals surface area contributed by atoms with E-state index < -0.39 is 0 Å². The molecule has 3 aromatic carbocycles. The van der Waals surface area contributed by atoms with Crippen molar-refractivity contribution in [2.45, 2.75) is 6.92 Å². The van der Waals surface area contributed by atoms with E-state index in [-0.39, 0.29) is 22.7 Å². The van der Waals surface area contributed by atoms with Crippen LogP contribution in [0.5, 0.6) is 0 Å². The topological polar surface area (TPSA) is 76.7 Å². The normalized spacial score (nSPS) is 11.2. The number of benzene rings is 3. The van der Waals surface area contributed by atoms with Gasteiger partial charge >= 0.3 is 5.65 Å². The molecule has 0 radical (unpaired) electrons. The summed E-state index contributed by atoms with van der Waals surface area (Å²) in [5.74, 6) is 0. The molecule has 5 aromatic rings. The van der Waals surface area contributed by atoms with E-state index in [0.29, 0.717) is 26.6 Å². The molecule has 0 unspecified atom stereocenters. The summed E-state index contributed by atoms with van der Waals surface area (Å²) in [5, 5.41) is 13.5. The van der Waals surface area contributed by atoms with Gasteiger partial charge in [-0.1, -0.05) is 77.2 Å². The maximum Gasteiger partial charge on any atom is 0.410 e. The summed E-state index contributed by atoms with van der Waals surface area (Å²) >= 11 is 0. The van der Waals surface area contributed by atoms with Gasteiger partial charge in [0.2, 0.25) is 16.9 Å². The van der Waals surface area contributed by atoms with Crippen molar-refractivity contribution in [2.75, 3.05) is 0 Å². The third-order valence-electron chi connectivity index (χ3n) is 4.92. The van der Waals surface area contributed by atoms with Crippen LogP contribution in [0.25, 0.3) is 44.8 Å². The molecule has 0 aliphatic heterocycles. The summed E-state index contributed by atoms with van der Waals surface area (Å²) < 4.78 is 1.43. The van der Waals surface area contributed by atoms with Crippen molar-refractivity contribution in [3.8, 4) is 22.5 Å². The molecule has 5 rings (SSSR count). The molecule has 0 aliphatic rings. The minimum Gasteiger partial charge on any atom is -0.804 e. The quantitative estimate of drug-likeness (QED) is 0.334. The highest BCUT2D eigenvalue weighted by Gasteiger charge is 2.25. The molecule has 2 heterocycles. The number of hydrogen-bond acceptors (Lipinski definition) is 4. The lowest BCUT2D eigenvalue weighted by Gasteiger charge is -2.19.